The zero-order valence-electron chi connectivity index (χ0n) is 24.8. The second-order valence-electron chi connectivity index (χ2n) is 11.1. The van der Waals surface area contributed by atoms with Gasteiger partial charge in [-0.1, -0.05) is 152 Å². The number of hydrogen-bond donors (Lipinski definition) is 0. The first kappa shape index (κ1) is 27.1. The van der Waals surface area contributed by atoms with Crippen LogP contribution in [-0.4, -0.2) is 15.0 Å². The van der Waals surface area contributed by atoms with Gasteiger partial charge in [-0.2, -0.15) is 0 Å². The summed E-state index contributed by atoms with van der Waals surface area (Å²) in [5.41, 5.74) is 7.94. The van der Waals surface area contributed by atoms with E-state index < -0.39 is 0 Å². The lowest BCUT2D eigenvalue weighted by Crippen LogP contribution is -2.00. The minimum Gasteiger partial charge on any atom is -0.238 e. The summed E-state index contributed by atoms with van der Waals surface area (Å²) in [7, 11) is 0. The van der Waals surface area contributed by atoms with Crippen LogP contribution in [0.2, 0.25) is 0 Å². The Bertz CT molecular complexity index is 2290. The van der Waals surface area contributed by atoms with Crippen molar-refractivity contribution in [3.8, 4) is 56.4 Å². The van der Waals surface area contributed by atoms with Crippen LogP contribution in [0.3, 0.4) is 0 Å². The summed E-state index contributed by atoms with van der Waals surface area (Å²) in [6.45, 7) is 7.41. The van der Waals surface area contributed by atoms with Crippen molar-refractivity contribution in [2.75, 3.05) is 0 Å². The minimum atomic E-state index is 0.625. The molecule has 0 radical (unpaired) electrons. The van der Waals surface area contributed by atoms with Crippen molar-refractivity contribution in [3.63, 3.8) is 0 Å². The van der Waals surface area contributed by atoms with Crippen LogP contribution < -0.4 is 0 Å². The van der Waals surface area contributed by atoms with Gasteiger partial charge in [0.1, 0.15) is 0 Å². The third-order valence-corrected chi connectivity index (χ3v) is 8.33. The topological polar surface area (TPSA) is 43.0 Å². The molecular formula is C42H26N4. The lowest BCUT2D eigenvalue weighted by Gasteiger charge is -2.18. The lowest BCUT2D eigenvalue weighted by molar-refractivity contribution is 1.07. The Morgan fingerprint density at radius 3 is 1.22 bits per heavy atom. The predicted octanol–water partition coefficient (Wildman–Crippen LogP) is 11.1. The monoisotopic (exact) mass is 586 g/mol. The molecular weight excluding hydrogens is 560 g/mol. The van der Waals surface area contributed by atoms with Crippen molar-refractivity contribution in [2.24, 2.45) is 0 Å². The Morgan fingerprint density at radius 2 is 0.739 bits per heavy atom. The number of rotatable bonds is 5. The number of benzene rings is 7. The first-order valence-electron chi connectivity index (χ1n) is 15.2. The zero-order chi connectivity index (χ0) is 30.9. The Morgan fingerprint density at radius 1 is 0.348 bits per heavy atom. The summed E-state index contributed by atoms with van der Waals surface area (Å²) in [6, 6.07) is 53.7. The quantitative estimate of drug-likeness (QED) is 0.149. The molecule has 0 saturated heterocycles. The number of hydrogen-bond acceptors (Lipinski definition) is 3. The van der Waals surface area contributed by atoms with Gasteiger partial charge in [0.15, 0.2) is 23.2 Å². The van der Waals surface area contributed by atoms with Crippen LogP contribution >= 0.6 is 0 Å². The SMILES string of the molecule is [C-]#[N+]c1ccc(-c2c3ccccc3c(-c3cccc(-c4nc(-c5ccccc5)nc(-c5ccccc5)n4)c3)c3ccccc23)cc1. The minimum absolute atomic E-state index is 0.625. The van der Waals surface area contributed by atoms with E-state index in [9.17, 15) is 0 Å². The van der Waals surface area contributed by atoms with E-state index in [0.29, 0.717) is 23.2 Å². The van der Waals surface area contributed by atoms with E-state index in [1.54, 1.807) is 0 Å². The fourth-order valence-corrected chi connectivity index (χ4v) is 6.20. The summed E-state index contributed by atoms with van der Waals surface area (Å²) >= 11 is 0. The molecule has 0 aliphatic carbocycles. The Balaban J connectivity index is 1.35. The summed E-state index contributed by atoms with van der Waals surface area (Å²) in [5.74, 6) is 1.90. The molecule has 7 aromatic carbocycles. The molecule has 46 heavy (non-hydrogen) atoms. The Kier molecular flexibility index (Phi) is 6.83. The maximum absolute atomic E-state index is 7.41. The number of aromatic nitrogens is 3. The first-order valence-corrected chi connectivity index (χ1v) is 15.2. The maximum Gasteiger partial charge on any atom is 0.187 e. The highest BCUT2D eigenvalue weighted by molar-refractivity contribution is 6.21. The van der Waals surface area contributed by atoms with Crippen molar-refractivity contribution in [3.05, 3.63) is 169 Å². The molecule has 1 aromatic heterocycles. The molecule has 8 aromatic rings. The molecule has 0 atom stereocenters. The molecule has 0 N–H and O–H groups in total. The van der Waals surface area contributed by atoms with Crippen LogP contribution in [0, 0.1) is 6.57 Å². The smallest absolute Gasteiger partial charge is 0.187 e. The molecule has 0 unspecified atom stereocenters. The average Bonchev–Trinajstić information content (AvgIpc) is 3.14. The summed E-state index contributed by atoms with van der Waals surface area (Å²) in [4.78, 5) is 18.4. The molecule has 0 aliphatic rings. The maximum atomic E-state index is 7.41. The van der Waals surface area contributed by atoms with Gasteiger partial charge in [0.2, 0.25) is 0 Å². The van der Waals surface area contributed by atoms with E-state index in [4.69, 9.17) is 21.5 Å². The van der Waals surface area contributed by atoms with Gasteiger partial charge in [0, 0.05) is 16.7 Å². The van der Waals surface area contributed by atoms with Gasteiger partial charge < -0.3 is 0 Å². The van der Waals surface area contributed by atoms with E-state index >= 15 is 0 Å². The molecule has 0 amide bonds. The van der Waals surface area contributed by atoms with Crippen LogP contribution in [-0.2, 0) is 0 Å². The van der Waals surface area contributed by atoms with E-state index in [1.807, 2.05) is 72.8 Å². The Hall–Kier alpha value is -6.44. The van der Waals surface area contributed by atoms with Gasteiger partial charge in [-0.05, 0) is 49.9 Å². The normalized spacial score (nSPS) is 11.0. The first-order chi connectivity index (χ1) is 22.8. The fourth-order valence-electron chi connectivity index (χ4n) is 6.20. The number of nitrogens with zero attached hydrogens (tertiary/aromatic N) is 4. The largest absolute Gasteiger partial charge is 0.238 e. The van der Waals surface area contributed by atoms with Gasteiger partial charge in [-0.15, -0.1) is 0 Å². The highest BCUT2D eigenvalue weighted by Gasteiger charge is 2.18. The molecule has 4 nitrogen and oxygen atoms in total. The van der Waals surface area contributed by atoms with Gasteiger partial charge in [-0.25, -0.2) is 19.8 Å². The molecule has 4 heteroatoms. The van der Waals surface area contributed by atoms with Crippen LogP contribution in [0.4, 0.5) is 5.69 Å². The van der Waals surface area contributed by atoms with E-state index in [-0.39, 0.29) is 0 Å². The second kappa shape index (κ2) is 11.6. The van der Waals surface area contributed by atoms with Crippen molar-refractivity contribution in [1.82, 2.24) is 15.0 Å². The molecule has 1 heterocycles. The standard InChI is InChI=1S/C42H26N4/c1-43-33-25-23-28(24-26-33)38-34-19-8-10-21-36(34)39(37-22-11-9-20-35(37)38)31-17-12-18-32(27-31)42-45-40(29-13-4-2-5-14-29)44-41(46-42)30-15-6-3-7-16-30/h2-27H. The lowest BCUT2D eigenvalue weighted by atomic mass is 9.85. The van der Waals surface area contributed by atoms with Crippen molar-refractivity contribution in [2.45, 2.75) is 0 Å². The third-order valence-electron chi connectivity index (χ3n) is 8.33. The van der Waals surface area contributed by atoms with Crippen molar-refractivity contribution >= 4 is 27.2 Å². The van der Waals surface area contributed by atoms with E-state index in [1.165, 1.54) is 5.56 Å². The van der Waals surface area contributed by atoms with Crippen molar-refractivity contribution in [1.29, 1.82) is 0 Å². The summed E-state index contributed by atoms with van der Waals surface area (Å²) in [5, 5.41) is 4.64. The van der Waals surface area contributed by atoms with Gasteiger partial charge in [0.05, 0.1) is 6.57 Å². The van der Waals surface area contributed by atoms with Crippen molar-refractivity contribution < 1.29 is 0 Å². The summed E-state index contributed by atoms with van der Waals surface area (Å²) < 4.78 is 0. The second-order valence-corrected chi connectivity index (χ2v) is 11.1. The zero-order valence-corrected chi connectivity index (χ0v) is 24.8. The van der Waals surface area contributed by atoms with Crippen LogP contribution in [0.15, 0.2) is 158 Å². The van der Waals surface area contributed by atoms with E-state index in [2.05, 4.69) is 89.8 Å². The average molecular weight is 587 g/mol. The van der Waals surface area contributed by atoms with Gasteiger partial charge in [-0.3, -0.25) is 0 Å². The number of fused-ring (bicyclic) bond motifs is 2. The van der Waals surface area contributed by atoms with Gasteiger partial charge in [0.25, 0.3) is 0 Å². The van der Waals surface area contributed by atoms with Crippen LogP contribution in [0.25, 0.3) is 82.8 Å². The summed E-state index contributed by atoms with van der Waals surface area (Å²) in [6.07, 6.45) is 0. The molecule has 8 rings (SSSR count). The predicted molar refractivity (Wildman–Crippen MR) is 188 cm³/mol. The molecule has 0 aliphatic heterocycles. The van der Waals surface area contributed by atoms with Gasteiger partial charge >= 0.3 is 0 Å². The molecule has 0 fully saturated rings. The van der Waals surface area contributed by atoms with E-state index in [0.717, 1.165) is 54.9 Å². The fraction of sp³-hybridized carbons (Fsp3) is 0. The molecule has 0 saturated carbocycles. The molecule has 0 bridgehead atoms. The highest BCUT2D eigenvalue weighted by atomic mass is 15.0. The molecule has 0 spiro atoms. The Labute approximate surface area is 267 Å². The molecule has 214 valence electrons. The van der Waals surface area contributed by atoms with Crippen LogP contribution in [0.5, 0.6) is 0 Å². The third kappa shape index (κ3) is 4.87. The van der Waals surface area contributed by atoms with Crippen LogP contribution in [0.1, 0.15) is 0 Å². The highest BCUT2D eigenvalue weighted by Crippen LogP contribution is 2.44.